The third-order valence-corrected chi connectivity index (χ3v) is 0.744. The molecule has 0 spiro atoms. The van der Waals surface area contributed by atoms with E-state index >= 15 is 0 Å². The van der Waals surface area contributed by atoms with Crippen molar-refractivity contribution in [3.05, 3.63) is 13.1 Å². The normalized spacial score (nSPS) is 9.62. The van der Waals surface area contributed by atoms with Crippen molar-refractivity contribution >= 4 is 0 Å². The summed E-state index contributed by atoms with van der Waals surface area (Å²) in [7, 11) is 0. The van der Waals surface area contributed by atoms with Crippen molar-refractivity contribution in [1.29, 1.82) is 10.5 Å². The molecule has 0 rings (SSSR count). The van der Waals surface area contributed by atoms with Crippen LogP contribution in [-0.4, -0.2) is 25.2 Å². The van der Waals surface area contributed by atoms with Crippen LogP contribution in [0.3, 0.4) is 0 Å². The second-order valence-corrected chi connectivity index (χ2v) is 2.43. The molecule has 0 aliphatic rings. The first-order chi connectivity index (χ1) is 6.54. The van der Waals surface area contributed by atoms with Crippen molar-refractivity contribution < 1.29 is 38.9 Å². The number of hydrogen-bond acceptors (Lipinski definition) is 6. The van der Waals surface area contributed by atoms with Gasteiger partial charge in [-0.1, -0.05) is 0 Å². The fourth-order valence-corrected chi connectivity index (χ4v) is 0. The Morgan fingerprint density at radius 1 is 0.875 bits per heavy atom. The number of nitrogens with zero attached hydrogens (tertiary/aromatic N) is 2. The monoisotopic (exact) mass is 455 g/mol. The Balaban J connectivity index is -0.0000000218. The van der Waals surface area contributed by atoms with Crippen LogP contribution in [-0.2, 0) is 38.9 Å². The van der Waals surface area contributed by atoms with Gasteiger partial charge < -0.3 is 46.6 Å². The molecular weight excluding hydrogens is 436 g/mol. The van der Waals surface area contributed by atoms with Crippen LogP contribution in [0.15, 0.2) is 0 Å². The predicted octanol–water partition coefficient (Wildman–Crippen LogP) is -1.23. The molecule has 0 radical (unpaired) electrons. The minimum atomic E-state index is 0. The summed E-state index contributed by atoms with van der Waals surface area (Å²) in [6, 6.07) is 0.324. The van der Waals surface area contributed by atoms with Crippen molar-refractivity contribution in [2.45, 2.75) is 25.9 Å². The maximum Gasteiger partial charge on any atom is 2.00 e. The largest absolute Gasteiger partial charge is 2.00 e. The molecule has 0 aliphatic carbocycles. The molecular formula is C8H20AuN6Ni+. The molecule has 0 amide bonds. The van der Waals surface area contributed by atoms with E-state index in [-0.39, 0.29) is 51.0 Å². The van der Waals surface area contributed by atoms with E-state index in [1.165, 1.54) is 0 Å². The van der Waals surface area contributed by atoms with Gasteiger partial charge in [-0.2, -0.15) is 0 Å². The molecule has 16 heavy (non-hydrogen) atoms. The minimum Gasteiger partial charge on any atom is -0.512 e. The van der Waals surface area contributed by atoms with Gasteiger partial charge >= 0.3 is 38.9 Å². The Morgan fingerprint density at radius 3 is 0.938 bits per heavy atom. The summed E-state index contributed by atoms with van der Waals surface area (Å²) in [5, 5.41) is 12.5. The van der Waals surface area contributed by atoms with Crippen LogP contribution < -0.4 is 22.9 Å². The van der Waals surface area contributed by atoms with Crippen molar-refractivity contribution in [3.63, 3.8) is 0 Å². The molecule has 0 aliphatic heterocycles. The fourth-order valence-electron chi connectivity index (χ4n) is 0. The van der Waals surface area contributed by atoms with Crippen LogP contribution in [0, 0.1) is 23.7 Å². The maximum absolute atomic E-state index is 6.25. The van der Waals surface area contributed by atoms with Gasteiger partial charge in [-0.3, -0.25) is 0 Å². The molecule has 8 heteroatoms. The quantitative estimate of drug-likeness (QED) is 0.302. The minimum absolute atomic E-state index is 0. The van der Waals surface area contributed by atoms with Crippen LogP contribution in [0.5, 0.6) is 0 Å². The summed E-state index contributed by atoms with van der Waals surface area (Å²) >= 11 is 0. The van der Waals surface area contributed by atoms with E-state index in [0.29, 0.717) is 13.1 Å². The average Bonchev–Trinajstić information content (AvgIpc) is 2.24. The van der Waals surface area contributed by atoms with Gasteiger partial charge in [-0.15, -0.1) is 0 Å². The van der Waals surface area contributed by atoms with E-state index in [4.69, 9.17) is 46.6 Å². The molecule has 0 aromatic heterocycles. The molecule has 8 N–H and O–H groups in total. The Kier molecular flexibility index (Phi) is 103. The van der Waals surface area contributed by atoms with E-state index in [1.54, 1.807) is 0 Å². The van der Waals surface area contributed by atoms with Gasteiger partial charge in [0.1, 0.15) is 0 Å². The summed E-state index contributed by atoms with van der Waals surface area (Å²) in [6.45, 7) is 14.4. The average molecular weight is 456 g/mol. The second kappa shape index (κ2) is 45.8. The molecule has 0 heterocycles. The van der Waals surface area contributed by atoms with Crippen molar-refractivity contribution in [2.24, 2.45) is 22.9 Å². The molecule has 2 atom stereocenters. The van der Waals surface area contributed by atoms with Crippen molar-refractivity contribution in [1.82, 2.24) is 0 Å². The molecule has 0 bridgehead atoms. The number of nitrogens with two attached hydrogens (primary N) is 4. The number of rotatable bonds is 2. The van der Waals surface area contributed by atoms with Crippen molar-refractivity contribution in [3.8, 4) is 0 Å². The predicted molar refractivity (Wildman–Crippen MR) is 55.3 cm³/mol. The molecule has 0 saturated heterocycles. The molecule has 0 fully saturated rings. The van der Waals surface area contributed by atoms with E-state index in [1.807, 2.05) is 13.8 Å². The number of hydrogen-bond donors (Lipinski definition) is 4. The van der Waals surface area contributed by atoms with Gasteiger partial charge in [-0.05, 0) is 13.8 Å². The topological polar surface area (TPSA) is 152 Å². The third-order valence-electron chi connectivity index (χ3n) is 0.744. The van der Waals surface area contributed by atoms with E-state index in [2.05, 4.69) is 0 Å². The van der Waals surface area contributed by atoms with Gasteiger partial charge in [0.25, 0.3) is 0 Å². The molecule has 102 valence electrons. The van der Waals surface area contributed by atoms with Gasteiger partial charge in [0.05, 0.1) is 0 Å². The van der Waals surface area contributed by atoms with Crippen molar-refractivity contribution in [2.75, 3.05) is 13.1 Å². The summed E-state index contributed by atoms with van der Waals surface area (Å²) in [5.74, 6) is 0. The zero-order valence-corrected chi connectivity index (χ0v) is 12.5. The zero-order chi connectivity index (χ0) is 12.6. The summed E-state index contributed by atoms with van der Waals surface area (Å²) < 4.78 is 0. The summed E-state index contributed by atoms with van der Waals surface area (Å²) in [4.78, 5) is 0. The van der Waals surface area contributed by atoms with Gasteiger partial charge in [-0.25, -0.2) is 0 Å². The summed E-state index contributed by atoms with van der Waals surface area (Å²) in [6.07, 6.45) is 0. The zero-order valence-electron chi connectivity index (χ0n) is 9.39. The van der Waals surface area contributed by atoms with Crippen LogP contribution in [0.1, 0.15) is 13.8 Å². The van der Waals surface area contributed by atoms with E-state index < -0.39 is 0 Å². The van der Waals surface area contributed by atoms with Crippen LogP contribution in [0.4, 0.5) is 0 Å². The maximum atomic E-state index is 6.25. The van der Waals surface area contributed by atoms with Crippen LogP contribution in [0.2, 0.25) is 0 Å². The van der Waals surface area contributed by atoms with Gasteiger partial charge in [0.15, 0.2) is 0 Å². The second-order valence-electron chi connectivity index (χ2n) is 2.43. The third kappa shape index (κ3) is 146. The molecule has 0 saturated carbocycles. The Hall–Kier alpha value is 0.0538. The Labute approximate surface area is 124 Å². The first-order valence-corrected chi connectivity index (χ1v) is 3.90. The first-order valence-electron chi connectivity index (χ1n) is 3.90. The Morgan fingerprint density at radius 2 is 0.938 bits per heavy atom. The summed E-state index contributed by atoms with van der Waals surface area (Å²) in [5.41, 5.74) is 20.4. The first kappa shape index (κ1) is 36.0. The smallest absolute Gasteiger partial charge is 0.512 e. The van der Waals surface area contributed by atoms with Gasteiger partial charge in [0.2, 0.25) is 0 Å². The van der Waals surface area contributed by atoms with Crippen LogP contribution >= 0.6 is 0 Å². The molecule has 6 nitrogen and oxygen atoms in total. The Bertz CT molecular complexity index is 104. The molecule has 0 aromatic carbocycles. The van der Waals surface area contributed by atoms with Gasteiger partial charge in [0, 0.05) is 25.2 Å². The molecule has 0 aromatic rings. The molecule has 2 unspecified atom stereocenters. The van der Waals surface area contributed by atoms with E-state index in [9.17, 15) is 0 Å². The van der Waals surface area contributed by atoms with E-state index in [0.717, 1.165) is 0 Å². The fraction of sp³-hybridized carbons (Fsp3) is 0.750. The van der Waals surface area contributed by atoms with Crippen LogP contribution in [0.25, 0.3) is 0 Å². The standard InChI is InChI=1S/2C3H10N2.2CN.Au.Ni/c2*1-3(5)2-4;2*1-2;;/h2*3H,2,4-5H2,1H3;;;;/q;;2*-1;+1;+2. The SMILES string of the molecule is CC(N)CN.CC(N)CN.[Au+].[C-]#N.[C-]#N.[Ni+2].